The van der Waals surface area contributed by atoms with Crippen LogP contribution >= 0.6 is 0 Å². The minimum atomic E-state index is -3.71. The normalized spacial score (nSPS) is 23.4. The van der Waals surface area contributed by atoms with Crippen molar-refractivity contribution in [2.75, 3.05) is 7.05 Å². The van der Waals surface area contributed by atoms with Gasteiger partial charge in [0.2, 0.25) is 20.0 Å². The quantitative estimate of drug-likeness (QED) is 0.700. The molecule has 2 rings (SSSR count). The summed E-state index contributed by atoms with van der Waals surface area (Å²) >= 11 is 0. The van der Waals surface area contributed by atoms with E-state index < -0.39 is 20.0 Å². The summed E-state index contributed by atoms with van der Waals surface area (Å²) in [6.07, 6.45) is 3.47. The van der Waals surface area contributed by atoms with Crippen molar-refractivity contribution in [1.29, 1.82) is 0 Å². The van der Waals surface area contributed by atoms with Gasteiger partial charge in [0.25, 0.3) is 0 Å². The third kappa shape index (κ3) is 3.85. The second-order valence-electron chi connectivity index (χ2n) is 5.36. The van der Waals surface area contributed by atoms with Crippen molar-refractivity contribution in [3.05, 3.63) is 24.3 Å². The molecule has 0 saturated heterocycles. The molecule has 1 saturated carbocycles. The fourth-order valence-corrected chi connectivity index (χ4v) is 4.54. The van der Waals surface area contributed by atoms with Crippen molar-refractivity contribution in [3.8, 4) is 0 Å². The predicted molar refractivity (Wildman–Crippen MR) is 83.2 cm³/mol. The maximum atomic E-state index is 12.3. The molecule has 0 heterocycles. The summed E-state index contributed by atoms with van der Waals surface area (Å²) in [5, 5.41) is 0. The highest BCUT2D eigenvalue weighted by Crippen LogP contribution is 2.20. The summed E-state index contributed by atoms with van der Waals surface area (Å²) in [6, 6.07) is 4.62. The van der Waals surface area contributed by atoms with Crippen LogP contribution < -0.4 is 15.2 Å². The highest BCUT2D eigenvalue weighted by Gasteiger charge is 2.27. The van der Waals surface area contributed by atoms with E-state index in [-0.39, 0.29) is 21.9 Å². The Kier molecular flexibility index (Phi) is 5.23. The molecule has 0 unspecified atom stereocenters. The molecular formula is C13H21N3O4S2. The Morgan fingerprint density at radius 1 is 0.955 bits per heavy atom. The van der Waals surface area contributed by atoms with E-state index in [4.69, 9.17) is 5.73 Å². The number of hydrogen-bond donors (Lipinski definition) is 3. The first-order valence-electron chi connectivity index (χ1n) is 7.08. The predicted octanol–water partition coefficient (Wildman–Crippen LogP) is 0.143. The smallest absolute Gasteiger partial charge is 0.240 e. The first-order valence-corrected chi connectivity index (χ1v) is 10.0. The highest BCUT2D eigenvalue weighted by molar-refractivity contribution is 7.90. The molecule has 22 heavy (non-hydrogen) atoms. The molecular weight excluding hydrogens is 326 g/mol. The Morgan fingerprint density at radius 3 is 1.95 bits per heavy atom. The number of rotatable bonds is 5. The molecule has 4 N–H and O–H groups in total. The molecule has 0 aromatic heterocycles. The first-order chi connectivity index (χ1) is 10.3. The van der Waals surface area contributed by atoms with E-state index in [1.54, 1.807) is 0 Å². The van der Waals surface area contributed by atoms with Crippen LogP contribution in [0.4, 0.5) is 0 Å². The van der Waals surface area contributed by atoms with Crippen LogP contribution in [0.15, 0.2) is 34.1 Å². The van der Waals surface area contributed by atoms with E-state index in [2.05, 4.69) is 9.44 Å². The Bertz CT molecular complexity index is 714. The molecule has 1 aliphatic rings. The van der Waals surface area contributed by atoms with E-state index in [0.717, 1.165) is 19.3 Å². The van der Waals surface area contributed by atoms with Gasteiger partial charge in [-0.25, -0.2) is 26.3 Å². The van der Waals surface area contributed by atoms with E-state index >= 15 is 0 Å². The van der Waals surface area contributed by atoms with Crippen LogP contribution in [-0.2, 0) is 20.0 Å². The van der Waals surface area contributed by atoms with E-state index in [0.29, 0.717) is 6.42 Å². The van der Waals surface area contributed by atoms with Crippen LogP contribution in [0.1, 0.15) is 25.7 Å². The summed E-state index contributed by atoms with van der Waals surface area (Å²) in [4.78, 5) is 0.0450. The lowest BCUT2D eigenvalue weighted by Gasteiger charge is -2.29. The third-order valence-corrected chi connectivity index (χ3v) is 6.78. The van der Waals surface area contributed by atoms with Gasteiger partial charge in [0.05, 0.1) is 9.79 Å². The van der Waals surface area contributed by atoms with Gasteiger partial charge >= 0.3 is 0 Å². The van der Waals surface area contributed by atoms with Gasteiger partial charge in [-0.05, 0) is 44.2 Å². The molecule has 0 aliphatic heterocycles. The van der Waals surface area contributed by atoms with E-state index in [1.165, 1.54) is 31.3 Å². The Balaban J connectivity index is 2.19. The Labute approximate surface area is 131 Å². The van der Waals surface area contributed by atoms with Crippen molar-refractivity contribution in [2.24, 2.45) is 5.73 Å². The van der Waals surface area contributed by atoms with Crippen molar-refractivity contribution in [1.82, 2.24) is 9.44 Å². The highest BCUT2D eigenvalue weighted by atomic mass is 32.2. The fourth-order valence-electron chi connectivity index (χ4n) is 2.49. The average Bonchev–Trinajstić information content (AvgIpc) is 2.49. The molecule has 9 heteroatoms. The maximum Gasteiger partial charge on any atom is 0.240 e. The second-order valence-corrected chi connectivity index (χ2v) is 8.96. The minimum absolute atomic E-state index is 0.0170. The van der Waals surface area contributed by atoms with Crippen molar-refractivity contribution >= 4 is 20.0 Å². The summed E-state index contributed by atoms with van der Waals surface area (Å²) < 4.78 is 52.7. The van der Waals surface area contributed by atoms with Crippen LogP contribution in [0, 0.1) is 0 Å². The van der Waals surface area contributed by atoms with E-state index in [1.807, 2.05) is 0 Å². The van der Waals surface area contributed by atoms with Crippen LogP contribution in [0.2, 0.25) is 0 Å². The van der Waals surface area contributed by atoms with Gasteiger partial charge in [0.1, 0.15) is 0 Å². The number of benzene rings is 1. The van der Waals surface area contributed by atoms with Gasteiger partial charge in [-0.1, -0.05) is 12.8 Å². The van der Waals surface area contributed by atoms with Gasteiger partial charge < -0.3 is 5.73 Å². The van der Waals surface area contributed by atoms with Crippen LogP contribution in [0.25, 0.3) is 0 Å². The number of nitrogens with two attached hydrogens (primary N) is 1. The molecule has 124 valence electrons. The molecule has 7 nitrogen and oxygen atoms in total. The van der Waals surface area contributed by atoms with Crippen LogP contribution in [0.3, 0.4) is 0 Å². The largest absolute Gasteiger partial charge is 0.326 e. The zero-order valence-electron chi connectivity index (χ0n) is 12.3. The fraction of sp³-hybridized carbons (Fsp3) is 0.538. The molecule has 1 aromatic rings. The van der Waals surface area contributed by atoms with Gasteiger partial charge in [0, 0.05) is 12.1 Å². The lowest BCUT2D eigenvalue weighted by molar-refractivity contribution is 0.361. The molecule has 0 spiro atoms. The van der Waals surface area contributed by atoms with Gasteiger partial charge in [-0.15, -0.1) is 0 Å². The summed E-state index contributed by atoms with van der Waals surface area (Å²) in [6.45, 7) is 0. The Morgan fingerprint density at radius 2 is 1.45 bits per heavy atom. The lowest BCUT2D eigenvalue weighted by atomic mass is 9.92. The van der Waals surface area contributed by atoms with Crippen LogP contribution in [0.5, 0.6) is 0 Å². The molecule has 0 bridgehead atoms. The van der Waals surface area contributed by atoms with Crippen LogP contribution in [-0.4, -0.2) is 36.0 Å². The molecule has 0 amide bonds. The monoisotopic (exact) mass is 347 g/mol. The minimum Gasteiger partial charge on any atom is -0.326 e. The number of sulfonamides is 2. The number of hydrogen-bond acceptors (Lipinski definition) is 5. The van der Waals surface area contributed by atoms with Crippen molar-refractivity contribution < 1.29 is 16.8 Å². The standard InChI is InChI=1S/C13H21N3O4S2/c1-15-21(17,18)10-6-8-11(9-7-10)22(19,20)16-13-5-3-2-4-12(13)14/h6-9,12-13,15-16H,2-5,14H2,1H3/t12-,13-/m1/s1. The zero-order chi connectivity index (χ0) is 16.4. The molecule has 2 atom stereocenters. The summed E-state index contributed by atoms with van der Waals surface area (Å²) in [5.41, 5.74) is 5.95. The average molecular weight is 347 g/mol. The van der Waals surface area contributed by atoms with E-state index in [9.17, 15) is 16.8 Å². The first kappa shape index (κ1) is 17.4. The molecule has 1 fully saturated rings. The number of nitrogens with one attached hydrogen (secondary N) is 2. The van der Waals surface area contributed by atoms with Gasteiger partial charge in [-0.3, -0.25) is 0 Å². The van der Waals surface area contributed by atoms with Gasteiger partial charge in [-0.2, -0.15) is 0 Å². The molecule has 1 aliphatic carbocycles. The maximum absolute atomic E-state index is 12.3. The lowest BCUT2D eigenvalue weighted by Crippen LogP contribution is -2.49. The zero-order valence-corrected chi connectivity index (χ0v) is 14.0. The summed E-state index contributed by atoms with van der Waals surface area (Å²) in [7, 11) is -5.99. The molecule has 1 aromatic carbocycles. The van der Waals surface area contributed by atoms with Crippen molar-refractivity contribution in [2.45, 2.75) is 47.6 Å². The topological polar surface area (TPSA) is 118 Å². The summed E-state index contributed by atoms with van der Waals surface area (Å²) in [5.74, 6) is 0. The van der Waals surface area contributed by atoms with Gasteiger partial charge in [0.15, 0.2) is 0 Å². The third-order valence-electron chi connectivity index (χ3n) is 3.84. The van der Waals surface area contributed by atoms with Crippen molar-refractivity contribution in [3.63, 3.8) is 0 Å². The second kappa shape index (κ2) is 6.63. The molecule has 0 radical (unpaired) electrons. The SMILES string of the molecule is CNS(=O)(=O)c1ccc(S(=O)(=O)N[C@@H]2CCCC[C@H]2N)cc1. The Hall–Kier alpha value is -1.00.